The second-order valence-corrected chi connectivity index (χ2v) is 10.5. The van der Waals surface area contributed by atoms with Crippen LogP contribution in [0.4, 0.5) is 32.0 Å². The van der Waals surface area contributed by atoms with Crippen LogP contribution in [-0.4, -0.2) is 65.6 Å². The average molecular weight is 539 g/mol. The third-order valence-corrected chi connectivity index (χ3v) is 7.80. The molecule has 0 aliphatic carbocycles. The Morgan fingerprint density at radius 2 is 1.79 bits per heavy atom. The lowest BCUT2D eigenvalue weighted by Gasteiger charge is -2.42. The molecular formula is C28H32F6N4. The van der Waals surface area contributed by atoms with Gasteiger partial charge in [0.15, 0.2) is 0 Å². The second kappa shape index (κ2) is 10.4. The molecule has 3 heterocycles. The summed E-state index contributed by atoms with van der Waals surface area (Å²) < 4.78 is 88.0. The third-order valence-electron chi connectivity index (χ3n) is 7.80. The van der Waals surface area contributed by atoms with Crippen LogP contribution >= 0.6 is 0 Å². The number of H-pyrrole nitrogens is 1. The third kappa shape index (κ3) is 5.00. The fourth-order valence-electron chi connectivity index (χ4n) is 5.80. The molecule has 5 rings (SSSR count). The van der Waals surface area contributed by atoms with Gasteiger partial charge in [0.1, 0.15) is 17.5 Å². The monoisotopic (exact) mass is 538 g/mol. The molecule has 1 saturated heterocycles. The van der Waals surface area contributed by atoms with Crippen LogP contribution in [0.1, 0.15) is 49.6 Å². The summed E-state index contributed by atoms with van der Waals surface area (Å²) in [6.07, 6.45) is 0.280. The first kappa shape index (κ1) is 26.9. The fourth-order valence-corrected chi connectivity index (χ4v) is 5.80. The van der Waals surface area contributed by atoms with Crippen molar-refractivity contribution >= 4 is 16.6 Å². The van der Waals surface area contributed by atoms with Crippen molar-refractivity contribution in [1.29, 1.82) is 0 Å². The quantitative estimate of drug-likeness (QED) is 0.309. The molecule has 0 bridgehead atoms. The van der Waals surface area contributed by atoms with E-state index in [9.17, 15) is 17.6 Å². The number of hydrogen-bond acceptors (Lipinski definition) is 3. The first-order chi connectivity index (χ1) is 18.1. The number of hydrogen-bond donors (Lipinski definition) is 2. The predicted molar refractivity (Wildman–Crippen MR) is 136 cm³/mol. The smallest absolute Gasteiger partial charge is 0.260 e. The fraction of sp³-hybridized carbons (Fsp3) is 0.500. The molecular weight excluding hydrogens is 506 g/mol. The largest absolute Gasteiger partial charge is 0.380 e. The van der Waals surface area contributed by atoms with Crippen molar-refractivity contribution in [1.82, 2.24) is 14.8 Å². The van der Waals surface area contributed by atoms with Crippen LogP contribution in [-0.2, 0) is 6.42 Å². The van der Waals surface area contributed by atoms with Gasteiger partial charge in [0.25, 0.3) is 5.92 Å². The van der Waals surface area contributed by atoms with Crippen LogP contribution in [0.25, 0.3) is 10.9 Å². The van der Waals surface area contributed by atoms with Crippen molar-refractivity contribution in [2.24, 2.45) is 0 Å². The standard InChI is InChI=1S/C28H32F6N4/c1-3-28(33,34)15-38-16(2)10-19-24-20(30)6-4-7-23(24)36-26(19)27(38)25-21(31)11-17(12-22(25)32)35-18-13-37(14-18)9-5-8-29/h4,6-7,11-12,16,18,27,35-36H,3,5,8-10,13-15H2,1-2H3/t16-,27-/m0/s1. The maximum atomic E-state index is 15.7. The lowest BCUT2D eigenvalue weighted by atomic mass is 9.87. The molecule has 2 N–H and O–H groups in total. The number of benzene rings is 2. The zero-order valence-electron chi connectivity index (χ0n) is 21.4. The van der Waals surface area contributed by atoms with E-state index in [1.54, 1.807) is 13.0 Å². The summed E-state index contributed by atoms with van der Waals surface area (Å²) in [6.45, 7) is 3.90. The minimum absolute atomic E-state index is 0.0306. The Morgan fingerprint density at radius 3 is 2.45 bits per heavy atom. The van der Waals surface area contributed by atoms with E-state index < -0.39 is 55.1 Å². The highest BCUT2D eigenvalue weighted by Gasteiger charge is 2.43. The van der Waals surface area contributed by atoms with Crippen LogP contribution in [0.2, 0.25) is 0 Å². The van der Waals surface area contributed by atoms with E-state index in [0.29, 0.717) is 48.2 Å². The summed E-state index contributed by atoms with van der Waals surface area (Å²) in [5.74, 6) is -5.28. The highest BCUT2D eigenvalue weighted by Crippen LogP contribution is 2.44. The molecule has 0 unspecified atom stereocenters. The zero-order chi connectivity index (χ0) is 27.2. The molecule has 0 radical (unpaired) electrons. The number of anilines is 1. The number of likely N-dealkylation sites (tertiary alicyclic amines) is 1. The van der Waals surface area contributed by atoms with Crippen LogP contribution in [0.3, 0.4) is 0 Å². The summed E-state index contributed by atoms with van der Waals surface area (Å²) in [4.78, 5) is 6.56. The van der Waals surface area contributed by atoms with E-state index in [-0.39, 0.29) is 23.7 Å². The summed E-state index contributed by atoms with van der Waals surface area (Å²) in [6, 6.07) is 5.13. The Balaban J connectivity index is 1.52. The molecule has 1 aromatic heterocycles. The van der Waals surface area contributed by atoms with Crippen molar-refractivity contribution in [3.8, 4) is 0 Å². The average Bonchev–Trinajstić information content (AvgIpc) is 3.21. The van der Waals surface area contributed by atoms with Gasteiger partial charge in [0.2, 0.25) is 0 Å². The highest BCUT2D eigenvalue weighted by atomic mass is 19.3. The minimum Gasteiger partial charge on any atom is -0.380 e. The summed E-state index contributed by atoms with van der Waals surface area (Å²) in [5.41, 5.74) is 1.24. The van der Waals surface area contributed by atoms with Crippen molar-refractivity contribution in [3.63, 3.8) is 0 Å². The lowest BCUT2D eigenvalue weighted by Crippen LogP contribution is -2.54. The number of aromatic amines is 1. The van der Waals surface area contributed by atoms with Gasteiger partial charge in [0, 0.05) is 59.9 Å². The summed E-state index contributed by atoms with van der Waals surface area (Å²) >= 11 is 0. The van der Waals surface area contributed by atoms with Crippen LogP contribution < -0.4 is 5.32 Å². The van der Waals surface area contributed by atoms with Crippen molar-refractivity contribution in [2.45, 2.75) is 57.2 Å². The summed E-state index contributed by atoms with van der Waals surface area (Å²) in [7, 11) is 0. The van der Waals surface area contributed by atoms with Gasteiger partial charge in [-0.2, -0.15) is 0 Å². The summed E-state index contributed by atoms with van der Waals surface area (Å²) in [5, 5.41) is 3.43. The van der Waals surface area contributed by atoms with Gasteiger partial charge in [-0.25, -0.2) is 22.0 Å². The van der Waals surface area contributed by atoms with Gasteiger partial charge in [-0.15, -0.1) is 0 Å². The number of aromatic nitrogens is 1. The highest BCUT2D eigenvalue weighted by molar-refractivity contribution is 5.86. The number of nitrogens with zero attached hydrogens (tertiary/aromatic N) is 2. The molecule has 2 aromatic carbocycles. The van der Waals surface area contributed by atoms with Gasteiger partial charge in [-0.1, -0.05) is 13.0 Å². The molecule has 2 aliphatic heterocycles. The van der Waals surface area contributed by atoms with Crippen molar-refractivity contribution < 1.29 is 26.3 Å². The molecule has 0 amide bonds. The van der Waals surface area contributed by atoms with E-state index >= 15 is 8.78 Å². The topological polar surface area (TPSA) is 34.3 Å². The van der Waals surface area contributed by atoms with Crippen molar-refractivity contribution in [3.05, 3.63) is 64.6 Å². The Morgan fingerprint density at radius 1 is 1.08 bits per heavy atom. The minimum atomic E-state index is -3.08. The lowest BCUT2D eigenvalue weighted by molar-refractivity contribution is -0.0551. The van der Waals surface area contributed by atoms with Gasteiger partial charge in [-0.05, 0) is 49.6 Å². The number of nitrogens with one attached hydrogen (secondary N) is 2. The number of rotatable bonds is 9. The maximum absolute atomic E-state index is 15.7. The maximum Gasteiger partial charge on any atom is 0.260 e. The van der Waals surface area contributed by atoms with Crippen molar-refractivity contribution in [2.75, 3.05) is 38.2 Å². The number of halogens is 6. The normalized spacial score (nSPS) is 21.1. The predicted octanol–water partition coefficient (Wildman–Crippen LogP) is 6.42. The van der Waals surface area contributed by atoms with E-state index in [0.717, 1.165) is 0 Å². The van der Waals surface area contributed by atoms with Gasteiger partial charge >= 0.3 is 0 Å². The number of alkyl halides is 3. The first-order valence-electron chi connectivity index (χ1n) is 13.1. The molecule has 4 nitrogen and oxygen atoms in total. The Bertz CT molecular complexity index is 1280. The van der Waals surface area contributed by atoms with E-state index in [1.807, 2.05) is 4.90 Å². The molecule has 10 heteroatoms. The second-order valence-electron chi connectivity index (χ2n) is 10.5. The van der Waals surface area contributed by atoms with Gasteiger partial charge in [-0.3, -0.25) is 14.2 Å². The Labute approximate surface area is 218 Å². The first-order valence-corrected chi connectivity index (χ1v) is 13.1. The molecule has 2 aliphatic rings. The van der Waals surface area contributed by atoms with E-state index in [2.05, 4.69) is 10.3 Å². The van der Waals surface area contributed by atoms with Crippen LogP contribution in [0.5, 0.6) is 0 Å². The molecule has 206 valence electrons. The molecule has 0 saturated carbocycles. The molecule has 0 spiro atoms. The molecule has 3 aromatic rings. The Kier molecular flexibility index (Phi) is 7.39. The Hall–Kier alpha value is -2.72. The van der Waals surface area contributed by atoms with Gasteiger partial charge < -0.3 is 10.3 Å². The molecule has 2 atom stereocenters. The SMILES string of the molecule is CCC(F)(F)CN1[C@@H](c2c(F)cc(NC3CN(CCCF)C3)cc2F)c2[nH]c3cccc(F)c3c2C[C@@H]1C. The number of fused-ring (bicyclic) bond motifs is 3. The molecule has 38 heavy (non-hydrogen) atoms. The van der Waals surface area contributed by atoms with Crippen LogP contribution in [0, 0.1) is 17.5 Å². The van der Waals surface area contributed by atoms with Crippen LogP contribution in [0.15, 0.2) is 30.3 Å². The zero-order valence-corrected chi connectivity index (χ0v) is 21.4. The molecule has 1 fully saturated rings. The van der Waals surface area contributed by atoms with Gasteiger partial charge in [0.05, 0.1) is 25.3 Å². The van der Waals surface area contributed by atoms with E-state index in [1.165, 1.54) is 36.1 Å². The van der Waals surface area contributed by atoms with E-state index in [4.69, 9.17) is 0 Å².